The van der Waals surface area contributed by atoms with Gasteiger partial charge >= 0.3 is 6.18 Å². The van der Waals surface area contributed by atoms with Crippen LogP contribution in [0.4, 0.5) is 18.9 Å². The molecule has 0 radical (unpaired) electrons. The maximum atomic E-state index is 12.7. The Morgan fingerprint density at radius 2 is 1.74 bits per heavy atom. The van der Waals surface area contributed by atoms with Crippen LogP contribution in [0.3, 0.4) is 0 Å². The molecule has 2 rings (SSSR count). The Bertz CT molecular complexity index is 744. The number of carbonyl (C=O) groups excluding carboxylic acids is 1. The van der Waals surface area contributed by atoms with Crippen molar-refractivity contribution in [3.8, 4) is 0 Å². The van der Waals surface area contributed by atoms with Gasteiger partial charge in [0, 0.05) is 12.2 Å². The Hall–Kier alpha value is -2.54. The Morgan fingerprint density at radius 1 is 1.07 bits per heavy atom. The lowest BCUT2D eigenvalue weighted by Crippen LogP contribution is -2.29. The number of halogens is 3. The van der Waals surface area contributed by atoms with Crippen molar-refractivity contribution in [2.75, 3.05) is 11.9 Å². The predicted octanol–water partition coefficient (Wildman–Crippen LogP) is 4.36. The number of ether oxygens (including phenoxy) is 1. The van der Waals surface area contributed by atoms with Crippen LogP contribution in [0.2, 0.25) is 0 Å². The maximum Gasteiger partial charge on any atom is 0.416 e. The van der Waals surface area contributed by atoms with Gasteiger partial charge in [0.1, 0.15) is 0 Å². The molecule has 1 amide bonds. The Balaban J connectivity index is 1.78. The molecule has 0 aliphatic carbocycles. The number of alkyl halides is 3. The first-order chi connectivity index (χ1) is 12.7. The highest BCUT2D eigenvalue weighted by Crippen LogP contribution is 2.30. The van der Waals surface area contributed by atoms with E-state index in [0.717, 1.165) is 23.3 Å². The first kappa shape index (κ1) is 20.8. The summed E-state index contributed by atoms with van der Waals surface area (Å²) in [6, 6.07) is 12.4. The van der Waals surface area contributed by atoms with Crippen LogP contribution in [-0.4, -0.2) is 18.6 Å². The van der Waals surface area contributed by atoms with Crippen molar-refractivity contribution in [3.05, 3.63) is 65.2 Å². The van der Waals surface area contributed by atoms with E-state index in [2.05, 4.69) is 10.6 Å². The van der Waals surface area contributed by atoms with Gasteiger partial charge in [0.25, 0.3) is 0 Å². The first-order valence-electron chi connectivity index (χ1n) is 8.61. The van der Waals surface area contributed by atoms with Gasteiger partial charge in [-0.15, -0.1) is 0 Å². The zero-order valence-corrected chi connectivity index (χ0v) is 15.3. The maximum absolute atomic E-state index is 12.7. The summed E-state index contributed by atoms with van der Waals surface area (Å²) in [6.07, 6.45) is -4.25. The minimum absolute atomic E-state index is 0.110. The van der Waals surface area contributed by atoms with E-state index in [4.69, 9.17) is 4.74 Å². The zero-order chi connectivity index (χ0) is 19.9. The molecule has 0 fully saturated rings. The van der Waals surface area contributed by atoms with E-state index in [1.807, 2.05) is 38.1 Å². The van der Waals surface area contributed by atoms with E-state index in [-0.39, 0.29) is 24.2 Å². The fourth-order valence-corrected chi connectivity index (χ4v) is 2.27. The van der Waals surface area contributed by atoms with Crippen LogP contribution >= 0.6 is 0 Å². The molecule has 0 spiro atoms. The average Bonchev–Trinajstić information content (AvgIpc) is 2.63. The SMILES string of the molecule is CC(C)OCc1ccc(CNC(=O)CNc2cccc(C(F)(F)F)c2)cc1. The third-order valence-electron chi connectivity index (χ3n) is 3.74. The van der Waals surface area contributed by atoms with Crippen molar-refractivity contribution in [1.82, 2.24) is 5.32 Å². The molecule has 7 heteroatoms. The number of amides is 1. The minimum Gasteiger partial charge on any atom is -0.376 e. The number of rotatable bonds is 8. The molecule has 146 valence electrons. The van der Waals surface area contributed by atoms with Gasteiger partial charge in [0.05, 0.1) is 24.8 Å². The Kier molecular flexibility index (Phi) is 7.24. The molecule has 0 atom stereocenters. The van der Waals surface area contributed by atoms with E-state index in [0.29, 0.717) is 13.2 Å². The van der Waals surface area contributed by atoms with E-state index in [1.165, 1.54) is 12.1 Å². The lowest BCUT2D eigenvalue weighted by molar-refractivity contribution is -0.137. The number of carbonyl (C=O) groups is 1. The summed E-state index contributed by atoms with van der Waals surface area (Å²) in [7, 11) is 0. The van der Waals surface area contributed by atoms with E-state index >= 15 is 0 Å². The Morgan fingerprint density at radius 3 is 2.37 bits per heavy atom. The normalized spacial score (nSPS) is 11.5. The molecule has 0 unspecified atom stereocenters. The van der Waals surface area contributed by atoms with Crippen molar-refractivity contribution in [2.45, 2.75) is 39.3 Å². The van der Waals surface area contributed by atoms with Crippen LogP contribution in [0.1, 0.15) is 30.5 Å². The topological polar surface area (TPSA) is 50.4 Å². The summed E-state index contributed by atoms with van der Waals surface area (Å²) in [5.74, 6) is -0.306. The van der Waals surface area contributed by atoms with Crippen LogP contribution in [0, 0.1) is 0 Å². The van der Waals surface area contributed by atoms with Crippen LogP contribution in [0.15, 0.2) is 48.5 Å². The Labute approximate surface area is 156 Å². The quantitative estimate of drug-likeness (QED) is 0.716. The van der Waals surface area contributed by atoms with Gasteiger partial charge in [-0.2, -0.15) is 13.2 Å². The van der Waals surface area contributed by atoms with Gasteiger partial charge < -0.3 is 15.4 Å². The van der Waals surface area contributed by atoms with Crippen molar-refractivity contribution >= 4 is 11.6 Å². The molecular weight excluding hydrogens is 357 g/mol. The summed E-state index contributed by atoms with van der Waals surface area (Å²) in [5, 5.41) is 5.43. The summed E-state index contributed by atoms with van der Waals surface area (Å²) >= 11 is 0. The molecule has 0 saturated carbocycles. The summed E-state index contributed by atoms with van der Waals surface area (Å²) in [6.45, 7) is 4.70. The molecule has 2 aromatic rings. The largest absolute Gasteiger partial charge is 0.416 e. The standard InChI is InChI=1S/C20H23F3N2O2/c1-14(2)27-13-16-8-6-15(7-9-16)11-25-19(26)12-24-18-5-3-4-17(10-18)20(21,22)23/h3-10,14,24H,11-13H2,1-2H3,(H,25,26). The van der Waals surface area contributed by atoms with Gasteiger partial charge in [-0.25, -0.2) is 0 Å². The van der Waals surface area contributed by atoms with Gasteiger partial charge in [-0.3, -0.25) is 4.79 Å². The smallest absolute Gasteiger partial charge is 0.376 e. The highest BCUT2D eigenvalue weighted by Gasteiger charge is 2.30. The predicted molar refractivity (Wildman–Crippen MR) is 98.1 cm³/mol. The van der Waals surface area contributed by atoms with Crippen molar-refractivity contribution in [1.29, 1.82) is 0 Å². The highest BCUT2D eigenvalue weighted by molar-refractivity contribution is 5.80. The molecule has 0 aliphatic rings. The number of hydrogen-bond donors (Lipinski definition) is 2. The van der Waals surface area contributed by atoms with E-state index in [9.17, 15) is 18.0 Å². The van der Waals surface area contributed by atoms with Crippen LogP contribution in [-0.2, 0) is 28.9 Å². The molecular formula is C20H23F3N2O2. The minimum atomic E-state index is -4.41. The third kappa shape index (κ3) is 7.30. The number of hydrogen-bond acceptors (Lipinski definition) is 3. The van der Waals surface area contributed by atoms with Crippen LogP contribution in [0.5, 0.6) is 0 Å². The molecule has 2 N–H and O–H groups in total. The second kappa shape index (κ2) is 9.41. The number of anilines is 1. The number of benzene rings is 2. The van der Waals surface area contributed by atoms with Crippen molar-refractivity contribution < 1.29 is 22.7 Å². The fourth-order valence-electron chi connectivity index (χ4n) is 2.27. The van der Waals surface area contributed by atoms with E-state index < -0.39 is 11.7 Å². The van der Waals surface area contributed by atoms with Gasteiger partial charge in [-0.05, 0) is 43.2 Å². The zero-order valence-electron chi connectivity index (χ0n) is 15.3. The fraction of sp³-hybridized carbons (Fsp3) is 0.350. The van der Waals surface area contributed by atoms with Crippen LogP contribution in [0.25, 0.3) is 0 Å². The summed E-state index contributed by atoms with van der Waals surface area (Å²) in [5.41, 5.74) is 1.46. The second-order valence-electron chi connectivity index (χ2n) is 6.39. The first-order valence-corrected chi connectivity index (χ1v) is 8.61. The van der Waals surface area contributed by atoms with Crippen molar-refractivity contribution in [3.63, 3.8) is 0 Å². The van der Waals surface area contributed by atoms with Gasteiger partial charge in [0.15, 0.2) is 0 Å². The summed E-state index contributed by atoms with van der Waals surface area (Å²) in [4.78, 5) is 11.9. The van der Waals surface area contributed by atoms with Crippen LogP contribution < -0.4 is 10.6 Å². The van der Waals surface area contributed by atoms with Gasteiger partial charge in [-0.1, -0.05) is 30.3 Å². The molecule has 27 heavy (non-hydrogen) atoms. The highest BCUT2D eigenvalue weighted by atomic mass is 19.4. The van der Waals surface area contributed by atoms with Crippen molar-refractivity contribution in [2.24, 2.45) is 0 Å². The second-order valence-corrected chi connectivity index (χ2v) is 6.39. The third-order valence-corrected chi connectivity index (χ3v) is 3.74. The molecule has 4 nitrogen and oxygen atoms in total. The lowest BCUT2D eigenvalue weighted by atomic mass is 10.1. The molecule has 0 saturated heterocycles. The van der Waals surface area contributed by atoms with E-state index in [1.54, 1.807) is 0 Å². The summed E-state index contributed by atoms with van der Waals surface area (Å²) < 4.78 is 43.6. The molecule has 2 aromatic carbocycles. The van der Waals surface area contributed by atoms with Gasteiger partial charge in [0.2, 0.25) is 5.91 Å². The average molecular weight is 380 g/mol. The molecule has 0 bridgehead atoms. The molecule has 0 heterocycles. The lowest BCUT2D eigenvalue weighted by Gasteiger charge is -2.11. The monoisotopic (exact) mass is 380 g/mol. The molecule has 0 aromatic heterocycles. The number of nitrogens with one attached hydrogen (secondary N) is 2. The molecule has 0 aliphatic heterocycles.